The summed E-state index contributed by atoms with van der Waals surface area (Å²) >= 11 is 0. The third-order valence-corrected chi connectivity index (χ3v) is 4.73. The molecule has 2 aliphatic carbocycles. The van der Waals surface area contributed by atoms with E-state index < -0.39 is 0 Å². The third kappa shape index (κ3) is 1.63. The predicted molar refractivity (Wildman–Crippen MR) is 59.7 cm³/mol. The summed E-state index contributed by atoms with van der Waals surface area (Å²) in [5, 5.41) is 0. The molecule has 0 N–H and O–H groups in total. The third-order valence-electron chi connectivity index (χ3n) is 4.73. The van der Waals surface area contributed by atoms with Crippen molar-refractivity contribution in [1.29, 1.82) is 0 Å². The highest BCUT2D eigenvalue weighted by molar-refractivity contribution is 5.86. The summed E-state index contributed by atoms with van der Waals surface area (Å²) < 4.78 is 0. The molecule has 1 heterocycles. The summed E-state index contributed by atoms with van der Waals surface area (Å²) in [5.74, 6) is 1.48. The molecule has 84 valence electrons. The van der Waals surface area contributed by atoms with Crippen molar-refractivity contribution < 1.29 is 4.79 Å². The van der Waals surface area contributed by atoms with E-state index >= 15 is 0 Å². The van der Waals surface area contributed by atoms with E-state index in [9.17, 15) is 4.79 Å². The molecular formula is C13H21NO. The SMILES string of the molecule is O=C1[C@H]2CC[C@H]1[C@H](N1CCCCC1)CC2. The highest BCUT2D eigenvalue weighted by atomic mass is 16.1. The molecule has 15 heavy (non-hydrogen) atoms. The molecule has 0 radical (unpaired) electrons. The standard InChI is InChI=1S/C13H21NO/c15-13-10-4-6-11(13)12(7-5-10)14-8-2-1-3-9-14/h10-12H,1-9H2/t10-,11-,12+/m0/s1. The van der Waals surface area contributed by atoms with Crippen LogP contribution in [0.15, 0.2) is 0 Å². The van der Waals surface area contributed by atoms with Gasteiger partial charge in [-0.1, -0.05) is 6.42 Å². The van der Waals surface area contributed by atoms with Gasteiger partial charge >= 0.3 is 0 Å². The van der Waals surface area contributed by atoms with E-state index in [1.165, 1.54) is 58.0 Å². The Hall–Kier alpha value is -0.370. The van der Waals surface area contributed by atoms with Crippen LogP contribution in [0.4, 0.5) is 0 Å². The minimum atomic E-state index is 0.418. The smallest absolute Gasteiger partial charge is 0.140 e. The molecule has 0 spiro atoms. The van der Waals surface area contributed by atoms with E-state index in [4.69, 9.17) is 0 Å². The van der Waals surface area contributed by atoms with Gasteiger partial charge in [0, 0.05) is 17.9 Å². The van der Waals surface area contributed by atoms with Gasteiger partial charge in [-0.2, -0.15) is 0 Å². The lowest BCUT2D eigenvalue weighted by Crippen LogP contribution is -2.47. The Labute approximate surface area is 92.0 Å². The lowest BCUT2D eigenvalue weighted by molar-refractivity contribution is -0.128. The number of Topliss-reactive ketones (excluding diaryl/α,β-unsaturated/α-hetero) is 1. The molecule has 1 saturated heterocycles. The van der Waals surface area contributed by atoms with Gasteiger partial charge in [-0.25, -0.2) is 0 Å². The fraction of sp³-hybridized carbons (Fsp3) is 0.923. The van der Waals surface area contributed by atoms with Crippen LogP contribution < -0.4 is 0 Å². The van der Waals surface area contributed by atoms with Crippen LogP contribution >= 0.6 is 0 Å². The first kappa shape index (κ1) is 9.83. The van der Waals surface area contributed by atoms with Gasteiger partial charge in [0.15, 0.2) is 0 Å². The highest BCUT2D eigenvalue weighted by Crippen LogP contribution is 2.41. The minimum absolute atomic E-state index is 0.418. The number of likely N-dealkylation sites (tertiary alicyclic amines) is 1. The number of carbonyl (C=O) groups excluding carboxylic acids is 1. The average molecular weight is 207 g/mol. The van der Waals surface area contributed by atoms with Gasteiger partial charge in [0.05, 0.1) is 0 Å². The number of ketones is 1. The number of rotatable bonds is 1. The monoisotopic (exact) mass is 207 g/mol. The number of piperidine rings is 1. The Bertz CT molecular complexity index is 257. The summed E-state index contributed by atoms with van der Waals surface area (Å²) in [4.78, 5) is 14.6. The van der Waals surface area contributed by atoms with Crippen molar-refractivity contribution in [3.8, 4) is 0 Å². The van der Waals surface area contributed by atoms with Crippen LogP contribution in [0.3, 0.4) is 0 Å². The summed E-state index contributed by atoms with van der Waals surface area (Å²) in [5.41, 5.74) is 0. The lowest BCUT2D eigenvalue weighted by Gasteiger charge is -2.39. The first-order valence-corrected chi connectivity index (χ1v) is 6.64. The zero-order valence-electron chi connectivity index (χ0n) is 9.45. The van der Waals surface area contributed by atoms with Crippen LogP contribution in [0.1, 0.15) is 44.9 Å². The zero-order valence-corrected chi connectivity index (χ0v) is 9.45. The second-order valence-corrected chi connectivity index (χ2v) is 5.52. The van der Waals surface area contributed by atoms with Crippen molar-refractivity contribution in [2.75, 3.05) is 13.1 Å². The van der Waals surface area contributed by atoms with E-state index in [1.54, 1.807) is 0 Å². The molecule has 0 unspecified atom stereocenters. The summed E-state index contributed by atoms with van der Waals surface area (Å²) in [6, 6.07) is 0.622. The topological polar surface area (TPSA) is 20.3 Å². The summed E-state index contributed by atoms with van der Waals surface area (Å²) in [6.07, 6.45) is 8.93. The molecule has 1 aliphatic heterocycles. The maximum atomic E-state index is 12.0. The number of hydrogen-bond donors (Lipinski definition) is 0. The van der Waals surface area contributed by atoms with Crippen molar-refractivity contribution >= 4 is 5.78 Å². The van der Waals surface area contributed by atoms with Crippen molar-refractivity contribution in [1.82, 2.24) is 4.90 Å². The first-order chi connectivity index (χ1) is 7.36. The predicted octanol–water partition coefficient (Wildman–Crippen LogP) is 2.23. The second kappa shape index (κ2) is 3.89. The molecule has 0 aromatic rings. The molecule has 2 heteroatoms. The first-order valence-electron chi connectivity index (χ1n) is 6.64. The molecule has 2 saturated carbocycles. The van der Waals surface area contributed by atoms with Crippen molar-refractivity contribution in [3.05, 3.63) is 0 Å². The molecule has 3 aliphatic rings. The normalized spacial score (nSPS) is 42.1. The van der Waals surface area contributed by atoms with Crippen molar-refractivity contribution in [2.45, 2.75) is 51.0 Å². The van der Waals surface area contributed by atoms with E-state index in [-0.39, 0.29) is 0 Å². The number of hydrogen-bond acceptors (Lipinski definition) is 2. The Kier molecular flexibility index (Phi) is 2.55. The number of fused-ring (bicyclic) bond motifs is 2. The van der Waals surface area contributed by atoms with Crippen molar-refractivity contribution in [2.24, 2.45) is 11.8 Å². The van der Waals surface area contributed by atoms with E-state index in [2.05, 4.69) is 4.90 Å². The molecule has 3 rings (SSSR count). The zero-order chi connectivity index (χ0) is 10.3. The van der Waals surface area contributed by atoms with E-state index in [0.29, 0.717) is 23.7 Å². The Balaban J connectivity index is 1.72. The van der Waals surface area contributed by atoms with E-state index in [0.717, 1.165) is 0 Å². The van der Waals surface area contributed by atoms with Gasteiger partial charge in [0.2, 0.25) is 0 Å². The second-order valence-electron chi connectivity index (χ2n) is 5.52. The maximum absolute atomic E-state index is 12.0. The van der Waals surface area contributed by atoms with Crippen LogP contribution in [0, 0.1) is 11.8 Å². The quantitative estimate of drug-likeness (QED) is 0.657. The summed E-state index contributed by atoms with van der Waals surface area (Å²) in [6.45, 7) is 2.50. The Morgan fingerprint density at radius 2 is 1.67 bits per heavy atom. The largest absolute Gasteiger partial charge is 0.300 e. The maximum Gasteiger partial charge on any atom is 0.140 e. The molecule has 3 atom stereocenters. The van der Waals surface area contributed by atoms with Crippen LogP contribution in [-0.4, -0.2) is 29.8 Å². The number of nitrogens with zero attached hydrogens (tertiary/aromatic N) is 1. The lowest BCUT2D eigenvalue weighted by atomic mass is 9.82. The Morgan fingerprint density at radius 3 is 2.47 bits per heavy atom. The van der Waals surface area contributed by atoms with Crippen molar-refractivity contribution in [3.63, 3.8) is 0 Å². The van der Waals surface area contributed by atoms with Crippen LogP contribution in [0.5, 0.6) is 0 Å². The van der Waals surface area contributed by atoms with Gasteiger partial charge in [0.25, 0.3) is 0 Å². The Morgan fingerprint density at radius 1 is 0.933 bits per heavy atom. The van der Waals surface area contributed by atoms with Gasteiger partial charge in [-0.15, -0.1) is 0 Å². The molecule has 0 aromatic heterocycles. The van der Waals surface area contributed by atoms with Gasteiger partial charge < -0.3 is 0 Å². The fourth-order valence-electron chi connectivity index (χ4n) is 3.90. The molecule has 0 amide bonds. The molecule has 0 aromatic carbocycles. The fourth-order valence-corrected chi connectivity index (χ4v) is 3.90. The van der Waals surface area contributed by atoms with Crippen LogP contribution in [0.25, 0.3) is 0 Å². The molecule has 3 fully saturated rings. The van der Waals surface area contributed by atoms with Crippen LogP contribution in [0.2, 0.25) is 0 Å². The van der Waals surface area contributed by atoms with Gasteiger partial charge in [0.1, 0.15) is 5.78 Å². The summed E-state index contributed by atoms with van der Waals surface area (Å²) in [7, 11) is 0. The minimum Gasteiger partial charge on any atom is -0.300 e. The van der Waals surface area contributed by atoms with Crippen LogP contribution in [-0.2, 0) is 4.79 Å². The molecule has 2 bridgehead atoms. The molecular weight excluding hydrogens is 186 g/mol. The number of carbonyl (C=O) groups is 1. The molecule has 2 nitrogen and oxygen atoms in total. The van der Waals surface area contributed by atoms with Gasteiger partial charge in [-0.3, -0.25) is 9.69 Å². The van der Waals surface area contributed by atoms with E-state index in [1.807, 2.05) is 0 Å². The highest BCUT2D eigenvalue weighted by Gasteiger charge is 2.44. The van der Waals surface area contributed by atoms with Gasteiger partial charge in [-0.05, 0) is 51.6 Å². The average Bonchev–Trinajstić information content (AvgIpc) is 2.54.